The monoisotopic (exact) mass is 332 g/mol. The van der Waals surface area contributed by atoms with Crippen molar-refractivity contribution in [3.63, 3.8) is 0 Å². The van der Waals surface area contributed by atoms with Gasteiger partial charge in [0.25, 0.3) is 5.91 Å². The Kier molecular flexibility index (Phi) is 5.84. The molecule has 1 amide bonds. The minimum Gasteiger partial charge on any atom is -0.469 e. The molecule has 2 heterocycles. The summed E-state index contributed by atoms with van der Waals surface area (Å²) in [6, 6.07) is 3.75. The zero-order valence-electron chi connectivity index (χ0n) is 14.6. The molecule has 2 aromatic heterocycles. The Hall–Kier alpha value is -2.50. The van der Waals surface area contributed by atoms with Crippen LogP contribution in [0.15, 0.2) is 22.8 Å². The Labute approximate surface area is 141 Å². The fourth-order valence-corrected chi connectivity index (χ4v) is 2.68. The summed E-state index contributed by atoms with van der Waals surface area (Å²) in [6.45, 7) is 7.51. The minimum atomic E-state index is -0.442. The number of ether oxygens (including phenoxy) is 1. The Bertz CT molecular complexity index is 701. The van der Waals surface area contributed by atoms with Gasteiger partial charge in [0.1, 0.15) is 11.5 Å². The van der Waals surface area contributed by atoms with E-state index in [2.05, 4.69) is 10.3 Å². The third kappa shape index (κ3) is 4.07. The molecule has 6 heteroatoms. The summed E-state index contributed by atoms with van der Waals surface area (Å²) in [5, 5.41) is 2.97. The summed E-state index contributed by atoms with van der Waals surface area (Å²) in [4.78, 5) is 27.4. The largest absolute Gasteiger partial charge is 0.469 e. The van der Waals surface area contributed by atoms with Crippen molar-refractivity contribution >= 4 is 11.9 Å². The Morgan fingerprint density at radius 1 is 1.38 bits per heavy atom. The van der Waals surface area contributed by atoms with E-state index in [1.807, 2.05) is 19.1 Å². The van der Waals surface area contributed by atoms with Crippen LogP contribution in [0.2, 0.25) is 0 Å². The van der Waals surface area contributed by atoms with Gasteiger partial charge in [-0.05, 0) is 51.8 Å². The molecule has 2 N–H and O–H groups in total. The smallest absolute Gasteiger partial charge is 0.355 e. The van der Waals surface area contributed by atoms with Gasteiger partial charge in [-0.2, -0.15) is 0 Å². The van der Waals surface area contributed by atoms with E-state index in [0.717, 1.165) is 18.6 Å². The van der Waals surface area contributed by atoms with Crippen molar-refractivity contribution in [3.05, 3.63) is 46.7 Å². The van der Waals surface area contributed by atoms with Crippen molar-refractivity contribution in [1.82, 2.24) is 10.3 Å². The lowest BCUT2D eigenvalue weighted by Crippen LogP contribution is -2.33. The molecule has 0 saturated carbocycles. The molecule has 0 aliphatic carbocycles. The highest BCUT2D eigenvalue weighted by Crippen LogP contribution is 2.19. The Balaban J connectivity index is 2.02. The first-order chi connectivity index (χ1) is 11.4. The maximum Gasteiger partial charge on any atom is 0.355 e. The minimum absolute atomic E-state index is 0.0117. The zero-order chi connectivity index (χ0) is 17.7. The van der Waals surface area contributed by atoms with E-state index in [1.54, 1.807) is 27.0 Å². The van der Waals surface area contributed by atoms with E-state index >= 15 is 0 Å². The molecule has 0 aliphatic rings. The number of carbonyl (C=O) groups excluding carboxylic acids is 2. The van der Waals surface area contributed by atoms with Gasteiger partial charge in [0, 0.05) is 18.2 Å². The van der Waals surface area contributed by atoms with E-state index in [9.17, 15) is 9.59 Å². The zero-order valence-corrected chi connectivity index (χ0v) is 14.6. The van der Waals surface area contributed by atoms with Gasteiger partial charge in [-0.1, -0.05) is 0 Å². The highest BCUT2D eigenvalue weighted by molar-refractivity contribution is 6.01. The highest BCUT2D eigenvalue weighted by Gasteiger charge is 2.23. The second-order valence-electron chi connectivity index (χ2n) is 5.84. The van der Waals surface area contributed by atoms with Crippen LogP contribution in [-0.4, -0.2) is 29.5 Å². The molecule has 0 aliphatic heterocycles. The number of furan rings is 1. The number of aromatic amines is 1. The lowest BCUT2D eigenvalue weighted by atomic mass is 10.1. The molecule has 0 spiro atoms. The molecule has 2 aromatic rings. The van der Waals surface area contributed by atoms with Crippen molar-refractivity contribution in [2.45, 2.75) is 46.6 Å². The summed E-state index contributed by atoms with van der Waals surface area (Å²) in [5.74, 6) is 0.265. The fourth-order valence-electron chi connectivity index (χ4n) is 2.68. The maximum absolute atomic E-state index is 12.5. The molecule has 0 radical (unpaired) electrons. The average molecular weight is 332 g/mol. The molecule has 0 saturated heterocycles. The number of aryl methyl sites for hydroxylation is 2. The number of esters is 1. The summed E-state index contributed by atoms with van der Waals surface area (Å²) in [5.41, 5.74) is 2.11. The van der Waals surface area contributed by atoms with Gasteiger partial charge in [-0.3, -0.25) is 4.79 Å². The van der Waals surface area contributed by atoms with E-state index in [1.165, 1.54) is 0 Å². The van der Waals surface area contributed by atoms with Crippen LogP contribution in [-0.2, 0) is 11.2 Å². The molecule has 24 heavy (non-hydrogen) atoms. The van der Waals surface area contributed by atoms with Gasteiger partial charge in [-0.25, -0.2) is 4.79 Å². The van der Waals surface area contributed by atoms with E-state index in [0.29, 0.717) is 29.1 Å². The van der Waals surface area contributed by atoms with Crippen LogP contribution < -0.4 is 5.32 Å². The molecular weight excluding hydrogens is 308 g/mol. The van der Waals surface area contributed by atoms with Crippen molar-refractivity contribution in [3.8, 4) is 0 Å². The van der Waals surface area contributed by atoms with Gasteiger partial charge in [0.15, 0.2) is 0 Å². The first-order valence-electron chi connectivity index (χ1n) is 8.13. The van der Waals surface area contributed by atoms with Crippen molar-refractivity contribution in [2.24, 2.45) is 0 Å². The Morgan fingerprint density at radius 2 is 2.12 bits per heavy atom. The van der Waals surface area contributed by atoms with Crippen LogP contribution in [0, 0.1) is 13.8 Å². The van der Waals surface area contributed by atoms with Gasteiger partial charge in [-0.15, -0.1) is 0 Å². The number of nitrogens with one attached hydrogen (secondary N) is 2. The van der Waals surface area contributed by atoms with E-state index in [4.69, 9.17) is 9.15 Å². The van der Waals surface area contributed by atoms with Crippen LogP contribution in [0.1, 0.15) is 58.1 Å². The number of hydrogen-bond acceptors (Lipinski definition) is 4. The van der Waals surface area contributed by atoms with Crippen LogP contribution in [0.5, 0.6) is 0 Å². The predicted molar refractivity (Wildman–Crippen MR) is 90.2 cm³/mol. The predicted octanol–water partition coefficient (Wildman–Crippen LogP) is 3.15. The molecule has 1 atom stereocenters. The maximum atomic E-state index is 12.5. The highest BCUT2D eigenvalue weighted by atomic mass is 16.5. The third-order valence-electron chi connectivity index (χ3n) is 3.93. The van der Waals surface area contributed by atoms with Crippen molar-refractivity contribution < 1.29 is 18.7 Å². The molecule has 0 aromatic carbocycles. The number of rotatable bonds is 7. The SMILES string of the molecule is CCOC(=O)c1[nH]c(C)c(C(=O)NC(C)CCc2ccco2)c1C. The first-order valence-corrected chi connectivity index (χ1v) is 8.13. The van der Waals surface area contributed by atoms with Crippen LogP contribution in [0.25, 0.3) is 0 Å². The quantitative estimate of drug-likeness (QED) is 0.763. The topological polar surface area (TPSA) is 84.3 Å². The second kappa shape index (κ2) is 7.86. The number of carbonyl (C=O) groups is 2. The number of H-pyrrole nitrogens is 1. The molecule has 1 unspecified atom stereocenters. The third-order valence-corrected chi connectivity index (χ3v) is 3.93. The summed E-state index contributed by atoms with van der Waals surface area (Å²) in [7, 11) is 0. The van der Waals surface area contributed by atoms with Crippen LogP contribution in [0.4, 0.5) is 0 Å². The van der Waals surface area contributed by atoms with Crippen LogP contribution in [0.3, 0.4) is 0 Å². The van der Waals surface area contributed by atoms with Gasteiger partial charge in [0.05, 0.1) is 18.4 Å². The second-order valence-corrected chi connectivity index (χ2v) is 5.84. The normalized spacial score (nSPS) is 12.0. The Morgan fingerprint density at radius 3 is 2.75 bits per heavy atom. The molecule has 6 nitrogen and oxygen atoms in total. The summed E-state index contributed by atoms with van der Waals surface area (Å²) >= 11 is 0. The number of hydrogen-bond donors (Lipinski definition) is 2. The van der Waals surface area contributed by atoms with Crippen molar-refractivity contribution in [1.29, 1.82) is 0 Å². The average Bonchev–Trinajstić information content (AvgIpc) is 3.13. The molecule has 130 valence electrons. The van der Waals surface area contributed by atoms with Gasteiger partial charge >= 0.3 is 5.97 Å². The van der Waals surface area contributed by atoms with Gasteiger partial charge in [0.2, 0.25) is 0 Å². The number of amides is 1. The first kappa shape index (κ1) is 17.8. The lowest BCUT2D eigenvalue weighted by Gasteiger charge is -2.13. The molecule has 2 rings (SSSR count). The fraction of sp³-hybridized carbons (Fsp3) is 0.444. The van der Waals surface area contributed by atoms with Crippen LogP contribution >= 0.6 is 0 Å². The molecular formula is C18H24N2O4. The lowest BCUT2D eigenvalue weighted by molar-refractivity contribution is 0.0519. The van der Waals surface area contributed by atoms with Crippen molar-refractivity contribution in [2.75, 3.05) is 6.61 Å². The summed E-state index contributed by atoms with van der Waals surface area (Å²) < 4.78 is 10.3. The van der Waals surface area contributed by atoms with Gasteiger partial charge < -0.3 is 19.5 Å². The number of aromatic nitrogens is 1. The standard InChI is InChI=1S/C18H24N2O4/c1-5-23-18(22)16-12(3)15(13(4)20-16)17(21)19-11(2)8-9-14-7-6-10-24-14/h6-7,10-11,20H,5,8-9H2,1-4H3,(H,19,21). The molecule has 0 fully saturated rings. The molecule has 0 bridgehead atoms. The summed E-state index contributed by atoms with van der Waals surface area (Å²) in [6.07, 6.45) is 3.17. The van der Waals surface area contributed by atoms with E-state index < -0.39 is 5.97 Å². The van der Waals surface area contributed by atoms with E-state index in [-0.39, 0.29) is 11.9 Å².